The van der Waals surface area contributed by atoms with Crippen molar-refractivity contribution in [3.8, 4) is 0 Å². The van der Waals surface area contributed by atoms with E-state index in [-0.39, 0.29) is 24.7 Å². The first-order valence-corrected chi connectivity index (χ1v) is 8.07. The van der Waals surface area contributed by atoms with Gasteiger partial charge in [-0.25, -0.2) is 0 Å². The van der Waals surface area contributed by atoms with Crippen molar-refractivity contribution in [1.29, 1.82) is 0 Å². The van der Waals surface area contributed by atoms with E-state index >= 15 is 0 Å². The Morgan fingerprint density at radius 1 is 0.875 bits per heavy atom. The lowest BCUT2D eigenvalue weighted by Crippen LogP contribution is -2.57. The second kappa shape index (κ2) is 8.75. The Kier molecular flexibility index (Phi) is 7.59. The minimum Gasteiger partial charge on any atom is -0.460 e. The van der Waals surface area contributed by atoms with Crippen LogP contribution in [0.5, 0.6) is 0 Å². The fraction of sp³-hybridized carbons (Fsp3) is 0.875. The van der Waals surface area contributed by atoms with Gasteiger partial charge in [-0.15, -0.1) is 0 Å². The van der Waals surface area contributed by atoms with Crippen LogP contribution in [-0.2, 0) is 28.5 Å². The molecule has 0 radical (unpaired) electrons. The van der Waals surface area contributed by atoms with Gasteiger partial charge in [0.15, 0.2) is 0 Å². The number of hydrogen-bond acceptors (Lipinski definition) is 8. The molecule has 2 N–H and O–H groups in total. The summed E-state index contributed by atoms with van der Waals surface area (Å²) in [7, 11) is 0. The lowest BCUT2D eigenvalue weighted by atomic mass is 10.1. The molecule has 8 heteroatoms. The van der Waals surface area contributed by atoms with Crippen molar-refractivity contribution >= 4 is 11.9 Å². The standard InChI is InChI=1S/C16H28O8/c1-11(2)5-13(17)21-7-15(19)9-24-16(20,10-23-15)8-22-14(18)6-12(3)4/h11-12,19-20H,5-10H2,1-4H3. The second-order valence-corrected chi connectivity index (χ2v) is 6.99. The maximum absolute atomic E-state index is 11.5. The van der Waals surface area contributed by atoms with Gasteiger partial charge in [0.1, 0.15) is 26.4 Å². The molecule has 8 nitrogen and oxygen atoms in total. The van der Waals surface area contributed by atoms with E-state index in [4.69, 9.17) is 18.9 Å². The number of rotatable bonds is 8. The normalized spacial score (nSPS) is 27.3. The fourth-order valence-corrected chi connectivity index (χ4v) is 1.92. The summed E-state index contributed by atoms with van der Waals surface area (Å²) in [6.45, 7) is 5.85. The number of carbonyl (C=O) groups is 2. The average Bonchev–Trinajstić information content (AvgIpc) is 2.46. The zero-order chi connectivity index (χ0) is 18.4. The van der Waals surface area contributed by atoms with E-state index < -0.39 is 49.9 Å². The van der Waals surface area contributed by atoms with E-state index in [9.17, 15) is 19.8 Å². The first kappa shape index (κ1) is 20.8. The molecule has 0 aromatic heterocycles. The third-order valence-electron chi connectivity index (χ3n) is 3.20. The van der Waals surface area contributed by atoms with Crippen LogP contribution in [0.25, 0.3) is 0 Å². The van der Waals surface area contributed by atoms with Crippen LogP contribution in [0.1, 0.15) is 40.5 Å². The molecule has 1 heterocycles. The van der Waals surface area contributed by atoms with Gasteiger partial charge in [0.05, 0.1) is 0 Å². The predicted molar refractivity (Wildman–Crippen MR) is 82.6 cm³/mol. The van der Waals surface area contributed by atoms with Crippen LogP contribution in [0.15, 0.2) is 0 Å². The van der Waals surface area contributed by atoms with Crippen molar-refractivity contribution in [1.82, 2.24) is 0 Å². The summed E-state index contributed by atoms with van der Waals surface area (Å²) in [5, 5.41) is 20.3. The van der Waals surface area contributed by atoms with Crippen molar-refractivity contribution in [3.63, 3.8) is 0 Å². The number of hydrogen-bond donors (Lipinski definition) is 2. The highest BCUT2D eigenvalue weighted by Gasteiger charge is 2.44. The molecule has 1 aliphatic heterocycles. The van der Waals surface area contributed by atoms with E-state index in [1.807, 2.05) is 27.7 Å². The van der Waals surface area contributed by atoms with Crippen LogP contribution in [0, 0.1) is 11.8 Å². The first-order chi connectivity index (χ1) is 11.0. The lowest BCUT2D eigenvalue weighted by Gasteiger charge is -2.39. The maximum atomic E-state index is 11.5. The van der Waals surface area contributed by atoms with E-state index in [2.05, 4.69) is 0 Å². The topological polar surface area (TPSA) is 112 Å². The summed E-state index contributed by atoms with van der Waals surface area (Å²) in [6, 6.07) is 0. The Balaban J connectivity index is 2.38. The Hall–Kier alpha value is -1.22. The molecule has 0 spiro atoms. The molecule has 1 aliphatic rings. The van der Waals surface area contributed by atoms with Crippen molar-refractivity contribution < 1.29 is 38.7 Å². The highest BCUT2D eigenvalue weighted by molar-refractivity contribution is 5.69. The van der Waals surface area contributed by atoms with Crippen LogP contribution in [-0.4, -0.2) is 60.2 Å². The quantitative estimate of drug-likeness (QED) is 0.613. The third-order valence-corrected chi connectivity index (χ3v) is 3.20. The summed E-state index contributed by atoms with van der Waals surface area (Å²) < 4.78 is 20.2. The largest absolute Gasteiger partial charge is 0.460 e. The van der Waals surface area contributed by atoms with Crippen molar-refractivity contribution in [2.24, 2.45) is 11.8 Å². The number of aliphatic hydroxyl groups is 2. The first-order valence-electron chi connectivity index (χ1n) is 8.07. The summed E-state index contributed by atoms with van der Waals surface area (Å²) in [5.74, 6) is -4.29. The van der Waals surface area contributed by atoms with Gasteiger partial charge in [-0.3, -0.25) is 9.59 Å². The summed E-state index contributed by atoms with van der Waals surface area (Å²) in [5.41, 5.74) is 0. The molecule has 24 heavy (non-hydrogen) atoms. The maximum Gasteiger partial charge on any atom is 0.306 e. The van der Waals surface area contributed by atoms with Crippen LogP contribution >= 0.6 is 0 Å². The third kappa shape index (κ3) is 7.57. The Morgan fingerprint density at radius 2 is 1.21 bits per heavy atom. The Morgan fingerprint density at radius 3 is 1.46 bits per heavy atom. The zero-order valence-electron chi connectivity index (χ0n) is 14.7. The second-order valence-electron chi connectivity index (χ2n) is 6.99. The number of esters is 2. The summed E-state index contributed by atoms with van der Waals surface area (Å²) in [6.07, 6.45) is 0.458. The highest BCUT2D eigenvalue weighted by atomic mass is 16.7. The van der Waals surface area contributed by atoms with E-state index in [0.29, 0.717) is 0 Å². The van der Waals surface area contributed by atoms with Crippen LogP contribution < -0.4 is 0 Å². The van der Waals surface area contributed by atoms with Gasteiger partial charge in [-0.1, -0.05) is 27.7 Å². The molecule has 0 bridgehead atoms. The average molecular weight is 348 g/mol. The van der Waals surface area contributed by atoms with Crippen LogP contribution in [0.4, 0.5) is 0 Å². The molecular formula is C16H28O8. The molecule has 140 valence electrons. The minimum absolute atomic E-state index is 0.140. The molecule has 1 rings (SSSR count). The van der Waals surface area contributed by atoms with Crippen molar-refractivity contribution in [2.75, 3.05) is 26.4 Å². The smallest absolute Gasteiger partial charge is 0.306 e. The molecule has 0 amide bonds. The van der Waals surface area contributed by atoms with E-state index in [1.165, 1.54) is 0 Å². The van der Waals surface area contributed by atoms with Gasteiger partial charge in [0.2, 0.25) is 11.6 Å². The van der Waals surface area contributed by atoms with Gasteiger partial charge < -0.3 is 29.2 Å². The van der Waals surface area contributed by atoms with Crippen molar-refractivity contribution in [3.05, 3.63) is 0 Å². The van der Waals surface area contributed by atoms with Gasteiger partial charge in [-0.2, -0.15) is 0 Å². The molecule has 0 aliphatic carbocycles. The van der Waals surface area contributed by atoms with Crippen LogP contribution in [0.3, 0.4) is 0 Å². The summed E-state index contributed by atoms with van der Waals surface area (Å²) >= 11 is 0. The highest BCUT2D eigenvalue weighted by Crippen LogP contribution is 2.23. The molecule has 1 fully saturated rings. The van der Waals surface area contributed by atoms with E-state index in [0.717, 1.165) is 0 Å². The van der Waals surface area contributed by atoms with Gasteiger partial charge >= 0.3 is 11.9 Å². The van der Waals surface area contributed by atoms with Crippen molar-refractivity contribution in [2.45, 2.75) is 52.1 Å². The molecule has 2 unspecified atom stereocenters. The minimum atomic E-state index is -1.83. The Bertz CT molecular complexity index is 384. The molecular weight excluding hydrogens is 320 g/mol. The fourth-order valence-electron chi connectivity index (χ4n) is 1.92. The number of carbonyl (C=O) groups excluding carboxylic acids is 2. The van der Waals surface area contributed by atoms with Gasteiger partial charge in [0, 0.05) is 12.8 Å². The van der Waals surface area contributed by atoms with Gasteiger partial charge in [0.25, 0.3) is 0 Å². The molecule has 2 atom stereocenters. The van der Waals surface area contributed by atoms with Crippen LogP contribution in [0.2, 0.25) is 0 Å². The predicted octanol–water partition coefficient (Wildman–Crippen LogP) is 0.589. The van der Waals surface area contributed by atoms with E-state index in [1.54, 1.807) is 0 Å². The zero-order valence-corrected chi connectivity index (χ0v) is 14.7. The Labute approximate surface area is 142 Å². The summed E-state index contributed by atoms with van der Waals surface area (Å²) in [4.78, 5) is 23.0. The molecule has 1 saturated heterocycles. The molecule has 0 aromatic carbocycles. The number of ether oxygens (including phenoxy) is 4. The SMILES string of the molecule is CC(C)CC(=O)OCC1(O)COC(O)(COC(=O)CC(C)C)CO1. The van der Waals surface area contributed by atoms with Gasteiger partial charge in [-0.05, 0) is 11.8 Å². The molecule has 0 saturated carbocycles. The molecule has 0 aromatic rings. The lowest BCUT2D eigenvalue weighted by molar-refractivity contribution is -0.377. The monoisotopic (exact) mass is 348 g/mol.